The van der Waals surface area contributed by atoms with Crippen molar-refractivity contribution in [2.24, 2.45) is 0 Å². The number of hydrogen-bond donors (Lipinski definition) is 0. The zero-order chi connectivity index (χ0) is 83.3. The van der Waals surface area contributed by atoms with Crippen LogP contribution in [0.5, 0.6) is 0 Å². The van der Waals surface area contributed by atoms with Crippen LogP contribution in [0, 0.1) is 0 Å². The van der Waals surface area contributed by atoms with Gasteiger partial charge in [-0.3, -0.25) is 9.13 Å². The molecule has 0 radical (unpaired) electrons. The summed E-state index contributed by atoms with van der Waals surface area (Å²) in [6.07, 6.45) is 0. The van der Waals surface area contributed by atoms with Crippen LogP contribution in [0.4, 0.5) is 11.4 Å². The molecule has 0 saturated carbocycles. The molecule has 0 amide bonds. The summed E-state index contributed by atoms with van der Waals surface area (Å²) in [6.45, 7) is 2.46. The number of rotatable bonds is 12. The molecule has 2 aliphatic heterocycles. The van der Waals surface area contributed by atoms with Crippen molar-refractivity contribution in [1.29, 1.82) is 0 Å². The van der Waals surface area contributed by atoms with E-state index in [2.05, 4.69) is 456 Å². The van der Waals surface area contributed by atoms with E-state index in [-0.39, 0.29) is 0 Å². The number of nitrogens with zero attached hydrogens (tertiary/aromatic N) is 6. The second-order valence-corrected chi connectivity index (χ2v) is 34.2. The van der Waals surface area contributed by atoms with Crippen LogP contribution in [0.15, 0.2) is 437 Å². The van der Waals surface area contributed by atoms with E-state index in [1.165, 1.54) is 165 Å². The van der Waals surface area contributed by atoms with E-state index in [0.29, 0.717) is 0 Å². The molecule has 24 aromatic rings. The molecule has 0 N–H and O–H groups in total. The molecule has 2 bridgehead atoms. The van der Waals surface area contributed by atoms with Crippen LogP contribution in [0.2, 0.25) is 0 Å². The van der Waals surface area contributed by atoms with Crippen LogP contribution in [-0.4, -0.2) is 25.8 Å². The van der Waals surface area contributed by atoms with Gasteiger partial charge in [-0.2, -0.15) is 0 Å². The Morgan fingerprint density at radius 1 is 0.173 bits per heavy atom. The summed E-state index contributed by atoms with van der Waals surface area (Å²) >= 11 is 0. The molecular weight excluding hydrogens is 1540 g/mol. The fourth-order valence-electron chi connectivity index (χ4n) is 21.3. The quantitative estimate of drug-likeness (QED) is 0.0903. The van der Waals surface area contributed by atoms with E-state index < -0.39 is 0 Å². The molecular formula is C121H78N6. The zero-order valence-corrected chi connectivity index (χ0v) is 69.4. The van der Waals surface area contributed by atoms with Crippen molar-refractivity contribution in [2.45, 2.75) is 13.1 Å². The Balaban J connectivity index is 0.506. The van der Waals surface area contributed by atoms with Crippen molar-refractivity contribution < 1.29 is 0 Å². The van der Waals surface area contributed by atoms with Gasteiger partial charge >= 0.3 is 0 Å². The third kappa shape index (κ3) is 11.6. The predicted molar refractivity (Wildman–Crippen MR) is 534 cm³/mol. The molecule has 4 heterocycles. The lowest BCUT2D eigenvalue weighted by Crippen LogP contribution is -2.46. The summed E-state index contributed by atoms with van der Waals surface area (Å²) in [5, 5.41) is 19.2. The normalized spacial score (nSPS) is 12.6. The van der Waals surface area contributed by atoms with Gasteiger partial charge in [0.15, 0.2) is 0 Å². The first-order valence-electron chi connectivity index (χ1n) is 44.0. The zero-order valence-electron chi connectivity index (χ0n) is 69.4. The van der Waals surface area contributed by atoms with Crippen LogP contribution in [-0.2, 0) is 13.1 Å². The smallest absolute Gasteiger partial charge is 0.145 e. The highest BCUT2D eigenvalue weighted by molar-refractivity contribution is 6.27. The van der Waals surface area contributed by atoms with Gasteiger partial charge in [-0.15, -0.1) is 0 Å². The second-order valence-electron chi connectivity index (χ2n) is 34.2. The average Bonchev–Trinajstić information content (AvgIpc) is 1.70. The lowest BCUT2D eigenvalue weighted by molar-refractivity contribution is 0.651. The first kappa shape index (κ1) is 72.1. The average molecular weight is 1620 g/mol. The Kier molecular flexibility index (Phi) is 16.5. The minimum atomic E-state index is 0.812. The Morgan fingerprint density at radius 3 is 0.701 bits per heavy atom. The van der Waals surface area contributed by atoms with Crippen LogP contribution in [0.25, 0.3) is 231 Å². The summed E-state index contributed by atoms with van der Waals surface area (Å²) in [6, 6.07) is 161. The molecule has 592 valence electrons. The number of fused-ring (bicyclic) bond motifs is 22. The van der Waals surface area contributed by atoms with E-state index >= 15 is 0 Å². The highest BCUT2D eigenvalue weighted by Crippen LogP contribution is 2.50. The Bertz CT molecular complexity index is 7990. The maximum atomic E-state index is 5.73. The van der Waals surface area contributed by atoms with Gasteiger partial charge in [-0.25, -0.2) is 9.97 Å². The van der Waals surface area contributed by atoms with Gasteiger partial charge in [0.05, 0.1) is 28.7 Å². The first-order valence-corrected chi connectivity index (χ1v) is 44.0. The maximum Gasteiger partial charge on any atom is 0.145 e. The van der Waals surface area contributed by atoms with Gasteiger partial charge in [0.1, 0.15) is 11.6 Å². The third-order valence-corrected chi connectivity index (χ3v) is 27.2. The highest BCUT2D eigenvalue weighted by atomic mass is 15.4. The highest BCUT2D eigenvalue weighted by Gasteiger charge is 2.32. The van der Waals surface area contributed by atoms with Crippen LogP contribution in [0.1, 0.15) is 11.1 Å². The van der Waals surface area contributed by atoms with Gasteiger partial charge in [-0.05, 0) is 213 Å². The van der Waals surface area contributed by atoms with Gasteiger partial charge < -0.3 is 9.80 Å². The third-order valence-electron chi connectivity index (χ3n) is 27.2. The standard InChI is InChI=1S/C121H78N6/c1-3-23-76(24-4-1)78-43-51-82(52-44-78)112-98-31-11-15-35-102(98)114(103-36-16-12-32-99(103)112)84-59-65-92(66-60-84)126-118-108-41-21-9-29-96(108)94-27-7-19-39-106(94)116(118)122-120(126)86-55-47-80(48-56-86)88-63-69-110-90(71-88)73-124-75-125(110)74-91-72-89(64-70-111(91)124)81-49-57-87(58-50-81)121-123-117-107-40-20-8-28-95(107)97-30-10-22-42-109(97)119(117)127(121)93-67-61-85(62-68-93)115-104-37-17-13-33-100(104)113(101-34-14-18-38-105(101)115)83-53-45-79(46-54-83)77-25-5-2-6-26-77/h1-72H,73-75H2. The van der Waals surface area contributed by atoms with Gasteiger partial charge in [0, 0.05) is 68.5 Å². The number of anilines is 2. The lowest BCUT2D eigenvalue weighted by atomic mass is 9.85. The van der Waals surface area contributed by atoms with Crippen LogP contribution < -0.4 is 9.80 Å². The molecule has 2 aromatic heterocycles. The number of hydrogen-bond acceptors (Lipinski definition) is 4. The summed E-state index contributed by atoms with van der Waals surface area (Å²) < 4.78 is 4.83. The van der Waals surface area contributed by atoms with E-state index in [1.807, 2.05) is 0 Å². The Hall–Kier alpha value is -16.5. The van der Waals surface area contributed by atoms with Crippen molar-refractivity contribution in [3.63, 3.8) is 0 Å². The number of benzene rings is 22. The SMILES string of the molecule is c1ccc(-c2ccc(-c3c4ccccc4c(-c4ccc(-n5c(-c6ccc(-c7ccc8c(c7)CN7CN8Cc8cc(-c9ccc(-c%10nc%11c%12ccccc%12c%12ccccc%12c%11n%10-c%10ccc(-c%11c%12ccccc%12c(-c%12ccc(-c%13ccccc%13)cc%12)c%12ccccc%11%12)cc%10)cc9)ccc87)cc6)nc6c7ccccc7c7ccccc7c65)cc4)c4ccccc34)cc2)cc1. The van der Waals surface area contributed by atoms with E-state index in [9.17, 15) is 0 Å². The van der Waals surface area contributed by atoms with Crippen molar-refractivity contribution >= 4 is 120 Å². The minimum absolute atomic E-state index is 0.812. The van der Waals surface area contributed by atoms with E-state index in [1.54, 1.807) is 0 Å². The molecule has 0 aliphatic carbocycles. The molecule has 22 aromatic carbocycles. The predicted octanol–water partition coefficient (Wildman–Crippen LogP) is 31.6. The molecule has 6 heteroatoms. The largest absolute Gasteiger partial charge is 0.349 e. The minimum Gasteiger partial charge on any atom is -0.349 e. The molecule has 0 atom stereocenters. The summed E-state index contributed by atoms with van der Waals surface area (Å²) in [4.78, 5) is 16.6. The first-order chi connectivity index (χ1) is 63.0. The van der Waals surface area contributed by atoms with Crippen molar-refractivity contribution in [2.75, 3.05) is 16.5 Å². The number of imidazole rings is 2. The molecule has 2 aliphatic rings. The molecule has 127 heavy (non-hydrogen) atoms. The van der Waals surface area contributed by atoms with Crippen LogP contribution in [0.3, 0.4) is 0 Å². The van der Waals surface area contributed by atoms with Crippen molar-refractivity contribution in [3.8, 4) is 123 Å². The molecule has 0 unspecified atom stereocenters. The summed E-state index contributed by atoms with van der Waals surface area (Å²) in [5.74, 6) is 1.80. The fourth-order valence-corrected chi connectivity index (χ4v) is 21.3. The summed E-state index contributed by atoms with van der Waals surface area (Å²) in [7, 11) is 0. The molecule has 26 rings (SSSR count). The van der Waals surface area contributed by atoms with Crippen molar-refractivity contribution in [3.05, 3.63) is 448 Å². The molecule has 0 saturated heterocycles. The monoisotopic (exact) mass is 1610 g/mol. The fraction of sp³-hybridized carbons (Fsp3) is 0.0248. The van der Waals surface area contributed by atoms with Gasteiger partial charge in [0.2, 0.25) is 0 Å². The van der Waals surface area contributed by atoms with Crippen molar-refractivity contribution in [1.82, 2.24) is 19.1 Å². The molecule has 0 spiro atoms. The Labute approximate surface area is 734 Å². The Morgan fingerprint density at radius 2 is 0.394 bits per heavy atom. The second kappa shape index (κ2) is 29.1. The lowest BCUT2D eigenvalue weighted by Gasteiger charge is -2.45. The summed E-state index contributed by atoms with van der Waals surface area (Å²) in [5.41, 5.74) is 32.8. The maximum absolute atomic E-state index is 5.73. The van der Waals surface area contributed by atoms with E-state index in [4.69, 9.17) is 9.97 Å². The van der Waals surface area contributed by atoms with Gasteiger partial charge in [-0.1, -0.05) is 388 Å². The van der Waals surface area contributed by atoms with Gasteiger partial charge in [0.25, 0.3) is 0 Å². The van der Waals surface area contributed by atoms with Crippen LogP contribution >= 0.6 is 0 Å². The topological polar surface area (TPSA) is 42.1 Å². The number of aromatic nitrogens is 4. The molecule has 0 fully saturated rings. The molecule has 6 nitrogen and oxygen atoms in total. The van der Waals surface area contributed by atoms with E-state index in [0.717, 1.165) is 109 Å².